The van der Waals surface area contributed by atoms with Gasteiger partial charge in [0.1, 0.15) is 5.60 Å². The predicted octanol–water partition coefficient (Wildman–Crippen LogP) is 1.50. The van der Waals surface area contributed by atoms with E-state index in [1.165, 1.54) is 0 Å². The van der Waals surface area contributed by atoms with Crippen molar-refractivity contribution in [3.63, 3.8) is 0 Å². The van der Waals surface area contributed by atoms with Crippen molar-refractivity contribution in [2.75, 3.05) is 13.1 Å². The maximum Gasteiger partial charge on any atom is 0.407 e. The molecular formula is C10H22N2O2. The quantitative estimate of drug-likeness (QED) is 0.726. The van der Waals surface area contributed by atoms with Crippen molar-refractivity contribution < 1.29 is 9.53 Å². The van der Waals surface area contributed by atoms with Crippen molar-refractivity contribution in [2.45, 2.75) is 39.7 Å². The molecule has 0 fully saturated rings. The molecule has 4 nitrogen and oxygen atoms in total. The number of alkyl carbamates (subject to hydrolysis) is 1. The van der Waals surface area contributed by atoms with Gasteiger partial charge in [-0.2, -0.15) is 0 Å². The van der Waals surface area contributed by atoms with Crippen LogP contribution < -0.4 is 11.1 Å². The normalized spacial score (nSPS) is 13.5. The smallest absolute Gasteiger partial charge is 0.407 e. The molecule has 0 aliphatic heterocycles. The van der Waals surface area contributed by atoms with Crippen molar-refractivity contribution in [3.8, 4) is 0 Å². The fourth-order valence-electron chi connectivity index (χ4n) is 0.936. The van der Waals surface area contributed by atoms with Crippen LogP contribution in [0.2, 0.25) is 0 Å². The van der Waals surface area contributed by atoms with Gasteiger partial charge in [-0.05, 0) is 33.2 Å². The van der Waals surface area contributed by atoms with Crippen LogP contribution in [0.4, 0.5) is 4.79 Å². The third-order valence-corrected chi connectivity index (χ3v) is 1.84. The average molecular weight is 202 g/mol. The van der Waals surface area contributed by atoms with Crippen LogP contribution in [0.1, 0.15) is 34.1 Å². The van der Waals surface area contributed by atoms with E-state index in [0.29, 0.717) is 19.0 Å². The molecule has 0 aromatic rings. The van der Waals surface area contributed by atoms with E-state index in [0.717, 1.165) is 6.42 Å². The zero-order valence-corrected chi connectivity index (χ0v) is 9.59. The molecule has 0 aliphatic rings. The predicted molar refractivity (Wildman–Crippen MR) is 57.1 cm³/mol. The maximum atomic E-state index is 11.2. The van der Waals surface area contributed by atoms with Crippen molar-refractivity contribution >= 4 is 6.09 Å². The zero-order chi connectivity index (χ0) is 11.2. The lowest BCUT2D eigenvalue weighted by Crippen LogP contribution is -2.36. The van der Waals surface area contributed by atoms with E-state index in [-0.39, 0.29) is 6.09 Å². The number of amides is 1. The van der Waals surface area contributed by atoms with Crippen molar-refractivity contribution in [3.05, 3.63) is 0 Å². The molecule has 0 aromatic carbocycles. The van der Waals surface area contributed by atoms with Crippen molar-refractivity contribution in [1.82, 2.24) is 5.32 Å². The van der Waals surface area contributed by atoms with Gasteiger partial charge in [0, 0.05) is 6.54 Å². The van der Waals surface area contributed by atoms with E-state index in [1.807, 2.05) is 27.7 Å². The summed E-state index contributed by atoms with van der Waals surface area (Å²) in [6.07, 6.45) is 0.594. The SMILES string of the molecule is CCC(CN)CNC(=O)OC(C)(C)C. The zero-order valence-electron chi connectivity index (χ0n) is 9.59. The summed E-state index contributed by atoms with van der Waals surface area (Å²) in [4.78, 5) is 11.2. The molecular weight excluding hydrogens is 180 g/mol. The highest BCUT2D eigenvalue weighted by atomic mass is 16.6. The Morgan fingerprint density at radius 1 is 1.50 bits per heavy atom. The minimum absolute atomic E-state index is 0.336. The largest absolute Gasteiger partial charge is 0.444 e. The van der Waals surface area contributed by atoms with E-state index in [2.05, 4.69) is 5.32 Å². The van der Waals surface area contributed by atoms with E-state index < -0.39 is 5.60 Å². The van der Waals surface area contributed by atoms with Crippen LogP contribution in [0.5, 0.6) is 0 Å². The average Bonchev–Trinajstić information content (AvgIpc) is 2.03. The van der Waals surface area contributed by atoms with Crippen LogP contribution in [0.25, 0.3) is 0 Å². The summed E-state index contributed by atoms with van der Waals surface area (Å²) in [5, 5.41) is 2.70. The molecule has 3 N–H and O–H groups in total. The van der Waals surface area contributed by atoms with E-state index in [1.54, 1.807) is 0 Å². The Hall–Kier alpha value is -0.770. The molecule has 1 amide bonds. The number of hydrogen-bond acceptors (Lipinski definition) is 3. The van der Waals surface area contributed by atoms with Gasteiger partial charge < -0.3 is 15.8 Å². The highest BCUT2D eigenvalue weighted by molar-refractivity contribution is 5.67. The number of hydrogen-bond donors (Lipinski definition) is 2. The molecule has 1 atom stereocenters. The van der Waals surface area contributed by atoms with Gasteiger partial charge in [0.05, 0.1) is 0 Å². The lowest BCUT2D eigenvalue weighted by molar-refractivity contribution is 0.0519. The highest BCUT2D eigenvalue weighted by Gasteiger charge is 2.16. The third kappa shape index (κ3) is 6.71. The van der Waals surface area contributed by atoms with Gasteiger partial charge in [0.2, 0.25) is 0 Å². The van der Waals surface area contributed by atoms with Crippen LogP contribution >= 0.6 is 0 Å². The van der Waals surface area contributed by atoms with Crippen LogP contribution in [0.15, 0.2) is 0 Å². The lowest BCUT2D eigenvalue weighted by Gasteiger charge is -2.21. The lowest BCUT2D eigenvalue weighted by atomic mass is 10.1. The van der Waals surface area contributed by atoms with E-state index in [9.17, 15) is 4.79 Å². The van der Waals surface area contributed by atoms with Crippen LogP contribution in [0, 0.1) is 5.92 Å². The fraction of sp³-hybridized carbons (Fsp3) is 0.900. The molecule has 0 spiro atoms. The van der Waals surface area contributed by atoms with E-state index >= 15 is 0 Å². The second-order valence-corrected chi connectivity index (χ2v) is 4.39. The first-order valence-electron chi connectivity index (χ1n) is 5.06. The number of ether oxygens (including phenoxy) is 1. The van der Waals surface area contributed by atoms with Crippen LogP contribution in [0.3, 0.4) is 0 Å². The number of nitrogens with one attached hydrogen (secondary N) is 1. The van der Waals surface area contributed by atoms with Gasteiger partial charge >= 0.3 is 6.09 Å². The number of carbonyl (C=O) groups is 1. The van der Waals surface area contributed by atoms with E-state index in [4.69, 9.17) is 10.5 Å². The molecule has 0 saturated heterocycles. The summed E-state index contributed by atoms with van der Waals surface area (Å²) in [5.74, 6) is 0.336. The molecule has 0 heterocycles. The summed E-state index contributed by atoms with van der Waals surface area (Å²) >= 11 is 0. The standard InChI is InChI=1S/C10H22N2O2/c1-5-8(6-11)7-12-9(13)14-10(2,3)4/h8H,5-7,11H2,1-4H3,(H,12,13). The van der Waals surface area contributed by atoms with Crippen molar-refractivity contribution in [1.29, 1.82) is 0 Å². The minimum Gasteiger partial charge on any atom is -0.444 e. The monoisotopic (exact) mass is 202 g/mol. The van der Waals surface area contributed by atoms with Gasteiger partial charge in [-0.25, -0.2) is 4.79 Å². The topological polar surface area (TPSA) is 64.3 Å². The molecule has 0 radical (unpaired) electrons. The second-order valence-electron chi connectivity index (χ2n) is 4.39. The summed E-state index contributed by atoms with van der Waals surface area (Å²) in [6, 6.07) is 0. The highest BCUT2D eigenvalue weighted by Crippen LogP contribution is 2.06. The molecule has 4 heteroatoms. The fourth-order valence-corrected chi connectivity index (χ4v) is 0.936. The van der Waals surface area contributed by atoms with Gasteiger partial charge in [-0.15, -0.1) is 0 Å². The van der Waals surface area contributed by atoms with Gasteiger partial charge in [0.15, 0.2) is 0 Å². The Morgan fingerprint density at radius 2 is 2.07 bits per heavy atom. The molecule has 0 rings (SSSR count). The molecule has 0 aromatic heterocycles. The Kier molecular flexibility index (Phi) is 5.53. The maximum absolute atomic E-state index is 11.2. The Labute approximate surface area is 86.2 Å². The Balaban J connectivity index is 3.74. The van der Waals surface area contributed by atoms with Crippen LogP contribution in [-0.4, -0.2) is 24.8 Å². The Bertz CT molecular complexity index is 171. The summed E-state index contributed by atoms with van der Waals surface area (Å²) in [5.41, 5.74) is 5.07. The minimum atomic E-state index is -0.436. The molecule has 84 valence electrons. The first-order chi connectivity index (χ1) is 6.39. The van der Waals surface area contributed by atoms with Gasteiger partial charge in [0.25, 0.3) is 0 Å². The first-order valence-corrected chi connectivity index (χ1v) is 5.06. The van der Waals surface area contributed by atoms with Gasteiger partial charge in [-0.3, -0.25) is 0 Å². The van der Waals surface area contributed by atoms with Crippen LogP contribution in [-0.2, 0) is 4.74 Å². The summed E-state index contributed by atoms with van der Waals surface area (Å²) in [7, 11) is 0. The number of rotatable bonds is 4. The van der Waals surface area contributed by atoms with Gasteiger partial charge in [-0.1, -0.05) is 13.3 Å². The Morgan fingerprint density at radius 3 is 2.43 bits per heavy atom. The van der Waals surface area contributed by atoms with Crippen molar-refractivity contribution in [2.24, 2.45) is 11.7 Å². The summed E-state index contributed by atoms with van der Waals surface area (Å²) in [6.45, 7) is 8.74. The summed E-state index contributed by atoms with van der Waals surface area (Å²) < 4.78 is 5.09. The molecule has 14 heavy (non-hydrogen) atoms. The molecule has 0 aliphatic carbocycles. The first kappa shape index (κ1) is 13.2. The number of nitrogens with two attached hydrogens (primary N) is 1. The number of carbonyl (C=O) groups excluding carboxylic acids is 1. The second kappa shape index (κ2) is 5.86. The molecule has 0 bridgehead atoms. The molecule has 1 unspecified atom stereocenters. The molecule has 0 saturated carbocycles. The third-order valence-electron chi connectivity index (χ3n) is 1.84.